The van der Waals surface area contributed by atoms with Gasteiger partial charge in [0.1, 0.15) is 6.61 Å². The number of ether oxygens (including phenoxy) is 2. The normalized spacial score (nSPS) is 20.7. The predicted molar refractivity (Wildman–Crippen MR) is 56.9 cm³/mol. The molecule has 7 heteroatoms. The summed E-state index contributed by atoms with van der Waals surface area (Å²) in [6, 6.07) is 0. The van der Waals surface area contributed by atoms with Crippen LogP contribution in [0.5, 0.6) is 0 Å². The van der Waals surface area contributed by atoms with E-state index in [1.807, 2.05) is 20.8 Å². The van der Waals surface area contributed by atoms with E-state index in [0.717, 1.165) is 0 Å². The van der Waals surface area contributed by atoms with Gasteiger partial charge in [-0.25, -0.2) is 4.79 Å². The third-order valence-electron chi connectivity index (χ3n) is 2.02. The van der Waals surface area contributed by atoms with Crippen molar-refractivity contribution in [2.24, 2.45) is 0 Å². The van der Waals surface area contributed by atoms with Crippen LogP contribution in [-0.2, 0) is 22.8 Å². The molecule has 1 heterocycles. The molecule has 0 spiro atoms. The fourth-order valence-corrected chi connectivity index (χ4v) is 4.05. The molecule has 0 saturated carbocycles. The van der Waals surface area contributed by atoms with Gasteiger partial charge >= 0.3 is 15.0 Å². The summed E-state index contributed by atoms with van der Waals surface area (Å²) < 4.78 is 26.5. The minimum atomic E-state index is -2.97. The van der Waals surface area contributed by atoms with Crippen LogP contribution < -0.4 is 0 Å². The van der Waals surface area contributed by atoms with Crippen LogP contribution in [0.3, 0.4) is 0 Å². The molecule has 1 fully saturated rings. The summed E-state index contributed by atoms with van der Waals surface area (Å²) in [5, 5.41) is 0. The Bertz CT molecular complexity index is 217. The monoisotopic (exact) mass is 250 g/mol. The van der Waals surface area contributed by atoms with Gasteiger partial charge in [-0.1, -0.05) is 0 Å². The quantitative estimate of drug-likeness (QED) is 0.498. The second kappa shape index (κ2) is 6.19. The lowest BCUT2D eigenvalue weighted by molar-refractivity contribution is 0.0277. The lowest BCUT2D eigenvalue weighted by atomic mass is 10.8. The van der Waals surface area contributed by atoms with Crippen LogP contribution in [-0.4, -0.2) is 47.1 Å². The van der Waals surface area contributed by atoms with Crippen molar-refractivity contribution in [2.75, 3.05) is 26.4 Å². The number of carbonyl (C=O) groups is 1. The summed E-state index contributed by atoms with van der Waals surface area (Å²) in [6.45, 7) is 7.00. The Kier molecular flexibility index (Phi) is 5.20. The predicted octanol–water partition coefficient (Wildman–Crippen LogP) is 1.11. The lowest BCUT2D eigenvalue weighted by Crippen LogP contribution is -2.57. The van der Waals surface area contributed by atoms with Gasteiger partial charge in [0.25, 0.3) is 0 Å². The third kappa shape index (κ3) is 2.94. The summed E-state index contributed by atoms with van der Waals surface area (Å²) in [6.07, 6.45) is -0.694. The molecule has 1 atom stereocenters. The molecular formula is C9H18O6Si. The first-order chi connectivity index (χ1) is 7.68. The van der Waals surface area contributed by atoms with E-state index in [0.29, 0.717) is 19.8 Å². The fraction of sp³-hybridized carbons (Fsp3) is 0.889. The van der Waals surface area contributed by atoms with Crippen LogP contribution in [0, 0.1) is 0 Å². The zero-order valence-electron chi connectivity index (χ0n) is 9.86. The summed E-state index contributed by atoms with van der Waals surface area (Å²) in [5.41, 5.74) is -0.556. The summed E-state index contributed by atoms with van der Waals surface area (Å²) in [4.78, 5) is 10.9. The van der Waals surface area contributed by atoms with Crippen LogP contribution in [0.1, 0.15) is 20.8 Å². The highest BCUT2D eigenvalue weighted by Gasteiger charge is 2.55. The Morgan fingerprint density at radius 3 is 2.00 bits per heavy atom. The van der Waals surface area contributed by atoms with E-state index in [1.165, 1.54) is 0 Å². The molecule has 0 aromatic carbocycles. The minimum absolute atomic E-state index is 0.130. The molecule has 0 N–H and O–H groups in total. The maximum atomic E-state index is 10.9. The van der Waals surface area contributed by atoms with E-state index in [2.05, 4.69) is 0 Å². The highest BCUT2D eigenvalue weighted by atomic mass is 28.4. The van der Waals surface area contributed by atoms with Crippen molar-refractivity contribution in [3.63, 3.8) is 0 Å². The zero-order chi connectivity index (χ0) is 12.0. The highest BCUT2D eigenvalue weighted by Crippen LogP contribution is 2.22. The first kappa shape index (κ1) is 13.4. The average molecular weight is 250 g/mol. The van der Waals surface area contributed by atoms with Crippen molar-refractivity contribution in [1.29, 1.82) is 0 Å². The average Bonchev–Trinajstić information content (AvgIpc) is 2.66. The molecular weight excluding hydrogens is 232 g/mol. The van der Waals surface area contributed by atoms with E-state index in [9.17, 15) is 4.79 Å². The maximum absolute atomic E-state index is 10.9. The van der Waals surface area contributed by atoms with Crippen LogP contribution >= 0.6 is 0 Å². The van der Waals surface area contributed by atoms with Crippen molar-refractivity contribution in [3.8, 4) is 0 Å². The molecule has 0 amide bonds. The van der Waals surface area contributed by atoms with Crippen LogP contribution in [0.4, 0.5) is 4.79 Å². The lowest BCUT2D eigenvalue weighted by Gasteiger charge is -2.30. The van der Waals surface area contributed by atoms with Crippen molar-refractivity contribution in [1.82, 2.24) is 0 Å². The van der Waals surface area contributed by atoms with Crippen LogP contribution in [0.2, 0.25) is 0 Å². The Labute approximate surface area is 96.1 Å². The number of hydrogen-bond acceptors (Lipinski definition) is 6. The molecule has 0 bridgehead atoms. The SMILES string of the molecule is CCO[Si](OCC)(OCC)C1COC(=O)O1. The minimum Gasteiger partial charge on any atom is -0.430 e. The first-order valence-corrected chi connectivity index (χ1v) is 7.24. The Hall–Kier alpha value is -0.633. The molecule has 1 aliphatic heterocycles. The number of hydrogen-bond donors (Lipinski definition) is 0. The molecule has 0 aliphatic carbocycles. The largest absolute Gasteiger partial charge is 0.547 e. The van der Waals surface area contributed by atoms with Crippen LogP contribution in [0.15, 0.2) is 0 Å². The van der Waals surface area contributed by atoms with Gasteiger partial charge in [-0.15, -0.1) is 0 Å². The first-order valence-electron chi connectivity index (χ1n) is 5.43. The molecule has 0 aromatic rings. The Balaban J connectivity index is 2.76. The number of cyclic esters (lactones) is 2. The van der Waals surface area contributed by atoms with Gasteiger partial charge in [0.05, 0.1) is 0 Å². The van der Waals surface area contributed by atoms with Gasteiger partial charge in [0.15, 0.2) is 0 Å². The van der Waals surface area contributed by atoms with Gasteiger partial charge in [-0.3, -0.25) is 0 Å². The van der Waals surface area contributed by atoms with Gasteiger partial charge in [-0.05, 0) is 20.8 Å². The van der Waals surface area contributed by atoms with E-state index in [4.69, 9.17) is 22.8 Å². The topological polar surface area (TPSA) is 63.2 Å². The summed E-state index contributed by atoms with van der Waals surface area (Å²) >= 11 is 0. The van der Waals surface area contributed by atoms with Gasteiger partial charge in [0, 0.05) is 19.8 Å². The smallest absolute Gasteiger partial charge is 0.430 e. The van der Waals surface area contributed by atoms with Gasteiger partial charge in [0.2, 0.25) is 5.73 Å². The Morgan fingerprint density at radius 1 is 1.19 bits per heavy atom. The molecule has 1 unspecified atom stereocenters. The van der Waals surface area contributed by atoms with E-state index < -0.39 is 20.7 Å². The van der Waals surface area contributed by atoms with Crippen LogP contribution in [0.25, 0.3) is 0 Å². The summed E-state index contributed by atoms with van der Waals surface area (Å²) in [7, 11) is -2.97. The molecule has 1 aliphatic rings. The molecule has 6 nitrogen and oxygen atoms in total. The van der Waals surface area contributed by atoms with E-state index in [1.54, 1.807) is 0 Å². The number of rotatable bonds is 7. The van der Waals surface area contributed by atoms with Crippen molar-refractivity contribution in [3.05, 3.63) is 0 Å². The second-order valence-electron chi connectivity index (χ2n) is 3.07. The molecule has 0 aromatic heterocycles. The van der Waals surface area contributed by atoms with Crippen molar-refractivity contribution < 1.29 is 27.5 Å². The highest BCUT2D eigenvalue weighted by molar-refractivity contribution is 6.62. The summed E-state index contributed by atoms with van der Waals surface area (Å²) in [5.74, 6) is 0. The molecule has 94 valence electrons. The van der Waals surface area contributed by atoms with Crippen molar-refractivity contribution >= 4 is 15.0 Å². The standard InChI is InChI=1S/C9H18O6Si/c1-4-12-16(13-5-2,14-6-3)8-7-11-9(10)15-8/h8H,4-7H2,1-3H3. The molecule has 0 radical (unpaired) electrons. The molecule has 16 heavy (non-hydrogen) atoms. The zero-order valence-corrected chi connectivity index (χ0v) is 10.9. The molecule has 1 rings (SSSR count). The van der Waals surface area contributed by atoms with E-state index >= 15 is 0 Å². The second-order valence-corrected chi connectivity index (χ2v) is 5.79. The van der Waals surface area contributed by atoms with Crippen molar-refractivity contribution in [2.45, 2.75) is 26.5 Å². The number of carbonyl (C=O) groups excluding carboxylic acids is 1. The maximum Gasteiger partial charge on any atom is 0.547 e. The third-order valence-corrected chi connectivity index (χ3v) is 5.17. The van der Waals surface area contributed by atoms with E-state index in [-0.39, 0.29) is 6.61 Å². The Morgan fingerprint density at radius 2 is 1.69 bits per heavy atom. The van der Waals surface area contributed by atoms with Gasteiger partial charge in [-0.2, -0.15) is 0 Å². The fourth-order valence-electron chi connectivity index (χ4n) is 1.51. The molecule has 1 saturated heterocycles. The van der Waals surface area contributed by atoms with Gasteiger partial charge < -0.3 is 22.8 Å².